The molecule has 15 heavy (non-hydrogen) atoms. The number of hydrogen-bond donors (Lipinski definition) is 1. The van der Waals surface area contributed by atoms with E-state index in [1.165, 1.54) is 29.3 Å². The van der Waals surface area contributed by atoms with E-state index in [2.05, 4.69) is 55.4 Å². The number of hydrogen-bond acceptors (Lipinski definition) is 1. The van der Waals surface area contributed by atoms with Crippen molar-refractivity contribution in [2.45, 2.75) is 37.3 Å². The van der Waals surface area contributed by atoms with Crippen molar-refractivity contribution < 1.29 is 0 Å². The average Bonchev–Trinajstić information content (AvgIpc) is 2.83. The Balaban J connectivity index is 1.90. The molecule has 1 nitrogen and oxygen atoms in total. The molecule has 1 aromatic rings. The van der Waals surface area contributed by atoms with Gasteiger partial charge >= 0.3 is 0 Å². The van der Waals surface area contributed by atoms with E-state index in [0.29, 0.717) is 0 Å². The van der Waals surface area contributed by atoms with Crippen LogP contribution < -0.4 is 5.32 Å². The predicted octanol–water partition coefficient (Wildman–Crippen LogP) is 3.82. The lowest BCUT2D eigenvalue weighted by Gasteiger charge is -2.20. The lowest BCUT2D eigenvalue weighted by Crippen LogP contribution is -2.21. The fraction of sp³-hybridized carbons (Fsp3) is 0.500. The maximum Gasteiger partial charge on any atom is 0.0320 e. The Hall–Kier alpha value is 0.140. The lowest BCUT2D eigenvalue weighted by atomic mass is 9.84. The summed E-state index contributed by atoms with van der Waals surface area (Å²) in [4.78, 5) is 0. The monoisotopic (exact) mass is 329 g/mol. The summed E-state index contributed by atoms with van der Waals surface area (Å²) in [6, 6.07) is 8.16. The highest BCUT2D eigenvalue weighted by Gasteiger charge is 2.39. The highest BCUT2D eigenvalue weighted by atomic mass is 79.9. The third-order valence-electron chi connectivity index (χ3n) is 3.67. The summed E-state index contributed by atoms with van der Waals surface area (Å²) in [5.74, 6) is 0.730. The zero-order chi connectivity index (χ0) is 10.4. The Labute approximate surface area is 107 Å². The Morgan fingerprint density at radius 3 is 2.60 bits per heavy atom. The van der Waals surface area contributed by atoms with Crippen LogP contribution in [0.25, 0.3) is 0 Å². The molecule has 2 aliphatic rings. The maximum absolute atomic E-state index is 3.68. The van der Waals surface area contributed by atoms with Crippen molar-refractivity contribution in [3.05, 3.63) is 32.7 Å². The number of rotatable bonds is 1. The van der Waals surface area contributed by atoms with Crippen molar-refractivity contribution in [3.63, 3.8) is 0 Å². The van der Waals surface area contributed by atoms with Gasteiger partial charge in [0.25, 0.3) is 0 Å². The molecule has 1 aromatic carbocycles. The Kier molecular flexibility index (Phi) is 2.65. The summed E-state index contributed by atoms with van der Waals surface area (Å²) in [6.07, 6.45) is 4.04. The summed E-state index contributed by atoms with van der Waals surface area (Å²) in [7, 11) is 0. The predicted molar refractivity (Wildman–Crippen MR) is 69.1 cm³/mol. The second kappa shape index (κ2) is 3.86. The van der Waals surface area contributed by atoms with E-state index in [-0.39, 0.29) is 0 Å². The first-order chi connectivity index (χ1) is 7.24. The number of nitrogens with one attached hydrogen (secondary N) is 1. The molecule has 80 valence electrons. The average molecular weight is 331 g/mol. The van der Waals surface area contributed by atoms with Gasteiger partial charge in [-0.15, -0.1) is 0 Å². The molecule has 0 aliphatic carbocycles. The van der Waals surface area contributed by atoms with Gasteiger partial charge in [-0.2, -0.15) is 0 Å². The van der Waals surface area contributed by atoms with Crippen molar-refractivity contribution in [1.29, 1.82) is 0 Å². The van der Waals surface area contributed by atoms with Gasteiger partial charge < -0.3 is 5.32 Å². The van der Waals surface area contributed by atoms with Gasteiger partial charge in [-0.3, -0.25) is 0 Å². The van der Waals surface area contributed by atoms with Gasteiger partial charge in [0, 0.05) is 26.9 Å². The summed E-state index contributed by atoms with van der Waals surface area (Å²) in [6.45, 7) is 0. The molecular weight excluding hydrogens is 318 g/mol. The molecule has 3 heteroatoms. The second-order valence-electron chi connectivity index (χ2n) is 4.56. The first-order valence-corrected chi connectivity index (χ1v) is 7.03. The number of fused-ring (bicyclic) bond motifs is 2. The first-order valence-electron chi connectivity index (χ1n) is 5.45. The summed E-state index contributed by atoms with van der Waals surface area (Å²) in [5.41, 5.74) is 1.48. The standard InChI is InChI=1S/C12H13Br2N/c13-10-3-1-7(5-11(10)14)9-6-8-2-4-12(9)15-8/h1,3,5,8-9,12,15H,2,4,6H2. The summed E-state index contributed by atoms with van der Waals surface area (Å²) >= 11 is 7.10. The highest BCUT2D eigenvalue weighted by Crippen LogP contribution is 2.41. The molecular formula is C12H13Br2N. The van der Waals surface area contributed by atoms with Crippen LogP contribution in [0, 0.1) is 0 Å². The Morgan fingerprint density at radius 2 is 2.00 bits per heavy atom. The van der Waals surface area contributed by atoms with E-state index >= 15 is 0 Å². The van der Waals surface area contributed by atoms with Crippen molar-refractivity contribution in [1.82, 2.24) is 5.32 Å². The van der Waals surface area contributed by atoms with Gasteiger partial charge in [0.05, 0.1) is 0 Å². The van der Waals surface area contributed by atoms with Crippen LogP contribution in [0.2, 0.25) is 0 Å². The van der Waals surface area contributed by atoms with E-state index < -0.39 is 0 Å². The molecule has 2 heterocycles. The van der Waals surface area contributed by atoms with Gasteiger partial charge in [0.15, 0.2) is 0 Å². The molecule has 0 saturated carbocycles. The van der Waals surface area contributed by atoms with Crippen LogP contribution in [0.1, 0.15) is 30.7 Å². The quantitative estimate of drug-likeness (QED) is 0.825. The third-order valence-corrected chi connectivity index (χ3v) is 5.55. The van der Waals surface area contributed by atoms with Gasteiger partial charge in [-0.1, -0.05) is 6.07 Å². The van der Waals surface area contributed by atoms with E-state index in [9.17, 15) is 0 Å². The third kappa shape index (κ3) is 1.79. The number of benzene rings is 1. The van der Waals surface area contributed by atoms with Crippen molar-refractivity contribution in [3.8, 4) is 0 Å². The molecule has 3 rings (SSSR count). The number of halogens is 2. The van der Waals surface area contributed by atoms with E-state index in [1.54, 1.807) is 0 Å². The van der Waals surface area contributed by atoms with Crippen molar-refractivity contribution in [2.75, 3.05) is 0 Å². The minimum atomic E-state index is 0.725. The topological polar surface area (TPSA) is 12.0 Å². The van der Waals surface area contributed by atoms with E-state index in [0.717, 1.165) is 22.5 Å². The SMILES string of the molecule is Brc1ccc(C2CC3CCC2N3)cc1Br. The second-order valence-corrected chi connectivity index (χ2v) is 6.27. The molecule has 0 aromatic heterocycles. The highest BCUT2D eigenvalue weighted by molar-refractivity contribution is 9.13. The van der Waals surface area contributed by atoms with Gasteiger partial charge in [-0.05, 0) is 68.8 Å². The van der Waals surface area contributed by atoms with Crippen LogP contribution in [0.3, 0.4) is 0 Å². The normalized spacial score (nSPS) is 33.6. The van der Waals surface area contributed by atoms with Crippen LogP contribution in [0.15, 0.2) is 27.1 Å². The zero-order valence-electron chi connectivity index (χ0n) is 8.34. The van der Waals surface area contributed by atoms with Crippen LogP contribution >= 0.6 is 31.9 Å². The summed E-state index contributed by atoms with van der Waals surface area (Å²) in [5, 5.41) is 3.68. The van der Waals surface area contributed by atoms with Crippen molar-refractivity contribution >= 4 is 31.9 Å². The molecule has 2 fully saturated rings. The molecule has 2 bridgehead atoms. The fourth-order valence-corrected chi connectivity index (χ4v) is 3.58. The van der Waals surface area contributed by atoms with Crippen LogP contribution in [0.5, 0.6) is 0 Å². The molecule has 2 aliphatic heterocycles. The van der Waals surface area contributed by atoms with Gasteiger partial charge in [0.1, 0.15) is 0 Å². The molecule has 3 atom stereocenters. The lowest BCUT2D eigenvalue weighted by molar-refractivity contribution is 0.506. The minimum Gasteiger partial charge on any atom is -0.311 e. The van der Waals surface area contributed by atoms with Crippen molar-refractivity contribution in [2.24, 2.45) is 0 Å². The Bertz CT molecular complexity index is 391. The molecule has 0 spiro atoms. The molecule has 0 amide bonds. The van der Waals surface area contributed by atoms with Crippen LogP contribution in [-0.2, 0) is 0 Å². The molecule has 2 saturated heterocycles. The van der Waals surface area contributed by atoms with Gasteiger partial charge in [-0.25, -0.2) is 0 Å². The van der Waals surface area contributed by atoms with E-state index in [1.807, 2.05) is 0 Å². The van der Waals surface area contributed by atoms with E-state index in [4.69, 9.17) is 0 Å². The summed E-state index contributed by atoms with van der Waals surface area (Å²) < 4.78 is 2.31. The first kappa shape index (κ1) is 10.3. The maximum atomic E-state index is 3.68. The van der Waals surface area contributed by atoms with Gasteiger partial charge in [0.2, 0.25) is 0 Å². The molecule has 1 N–H and O–H groups in total. The van der Waals surface area contributed by atoms with Crippen LogP contribution in [-0.4, -0.2) is 12.1 Å². The zero-order valence-corrected chi connectivity index (χ0v) is 11.5. The minimum absolute atomic E-state index is 0.725. The molecule has 3 unspecified atom stereocenters. The fourth-order valence-electron chi connectivity index (χ4n) is 2.94. The largest absolute Gasteiger partial charge is 0.311 e. The van der Waals surface area contributed by atoms with Crippen LogP contribution in [0.4, 0.5) is 0 Å². The smallest absolute Gasteiger partial charge is 0.0320 e. The Morgan fingerprint density at radius 1 is 1.13 bits per heavy atom. The molecule has 0 radical (unpaired) electrons.